The van der Waals surface area contributed by atoms with E-state index in [1.54, 1.807) is 49.5 Å². The largest absolute Gasteiger partial charge is 0.459 e. The van der Waals surface area contributed by atoms with Crippen LogP contribution in [0.15, 0.2) is 53.1 Å². The van der Waals surface area contributed by atoms with Crippen LogP contribution in [0.4, 0.5) is 11.5 Å². The van der Waals surface area contributed by atoms with E-state index in [2.05, 4.69) is 20.8 Å². The molecule has 0 saturated carbocycles. The van der Waals surface area contributed by atoms with Gasteiger partial charge in [0, 0.05) is 17.0 Å². The van der Waals surface area contributed by atoms with Crippen molar-refractivity contribution in [3.8, 4) is 0 Å². The Morgan fingerprint density at radius 3 is 2.50 bits per heavy atom. The van der Waals surface area contributed by atoms with Crippen LogP contribution in [0.25, 0.3) is 11.0 Å². The molecule has 0 fully saturated rings. The molecule has 2 aromatic heterocycles. The van der Waals surface area contributed by atoms with Crippen LogP contribution in [-0.2, 0) is 11.2 Å². The summed E-state index contributed by atoms with van der Waals surface area (Å²) >= 11 is 12.3. The number of aryl methyl sites for hydroxylation is 1. The molecule has 7 nitrogen and oxygen atoms in total. The fraction of sp³-hybridized carbons (Fsp3) is 0.0952. The average Bonchev–Trinajstić information content (AvgIpc) is 3.31. The molecule has 4 rings (SSSR count). The Morgan fingerprint density at radius 2 is 1.80 bits per heavy atom. The molecule has 0 saturated heterocycles. The van der Waals surface area contributed by atoms with E-state index in [0.717, 1.165) is 10.9 Å². The maximum Gasteiger partial charge on any atom is 0.258 e. The molecular formula is C21H16Cl2N4O3. The highest BCUT2D eigenvalue weighted by atomic mass is 35.5. The average molecular weight is 443 g/mol. The van der Waals surface area contributed by atoms with E-state index in [-0.39, 0.29) is 27.9 Å². The van der Waals surface area contributed by atoms with Crippen LogP contribution in [0.3, 0.4) is 0 Å². The lowest BCUT2D eigenvalue weighted by atomic mass is 10.1. The first-order valence-electron chi connectivity index (χ1n) is 8.99. The summed E-state index contributed by atoms with van der Waals surface area (Å²) in [6, 6.07) is 11.8. The van der Waals surface area contributed by atoms with Crippen molar-refractivity contribution in [1.29, 1.82) is 0 Å². The number of hydrogen-bond acceptors (Lipinski definition) is 4. The number of para-hydroxylation sites is 1. The predicted molar refractivity (Wildman–Crippen MR) is 116 cm³/mol. The van der Waals surface area contributed by atoms with Gasteiger partial charge in [0.1, 0.15) is 11.6 Å². The minimum Gasteiger partial charge on any atom is -0.459 e. The molecule has 0 aliphatic rings. The van der Waals surface area contributed by atoms with Crippen LogP contribution in [0.2, 0.25) is 10.0 Å². The number of benzene rings is 2. The van der Waals surface area contributed by atoms with Gasteiger partial charge < -0.3 is 15.1 Å². The number of fused-ring (bicyclic) bond motifs is 1. The Hall–Kier alpha value is -3.29. The van der Waals surface area contributed by atoms with Gasteiger partial charge in [0.2, 0.25) is 5.91 Å². The number of nitrogens with one attached hydrogen (secondary N) is 3. The molecule has 0 atom stereocenters. The van der Waals surface area contributed by atoms with Gasteiger partial charge in [-0.25, -0.2) is 0 Å². The van der Waals surface area contributed by atoms with Gasteiger partial charge in [-0.2, -0.15) is 5.10 Å². The number of amides is 2. The lowest BCUT2D eigenvalue weighted by Crippen LogP contribution is -2.15. The van der Waals surface area contributed by atoms with Crippen molar-refractivity contribution < 1.29 is 14.0 Å². The predicted octanol–water partition coefficient (Wildman–Crippen LogP) is 5.20. The summed E-state index contributed by atoms with van der Waals surface area (Å²) in [5.41, 5.74) is 1.84. The van der Waals surface area contributed by atoms with E-state index < -0.39 is 5.91 Å². The van der Waals surface area contributed by atoms with Crippen LogP contribution in [0, 0.1) is 6.92 Å². The smallest absolute Gasteiger partial charge is 0.258 e. The van der Waals surface area contributed by atoms with Gasteiger partial charge in [-0.05, 0) is 25.1 Å². The van der Waals surface area contributed by atoms with Crippen LogP contribution in [0.1, 0.15) is 21.7 Å². The van der Waals surface area contributed by atoms with Gasteiger partial charge in [-0.15, -0.1) is 0 Å². The third-order valence-corrected chi connectivity index (χ3v) is 5.20. The molecule has 30 heavy (non-hydrogen) atoms. The van der Waals surface area contributed by atoms with Crippen molar-refractivity contribution in [2.45, 2.75) is 13.3 Å². The molecule has 0 aliphatic heterocycles. The summed E-state index contributed by atoms with van der Waals surface area (Å²) in [6.45, 7) is 1.77. The molecule has 0 spiro atoms. The third-order valence-electron chi connectivity index (χ3n) is 4.57. The quantitative estimate of drug-likeness (QED) is 0.395. The molecule has 3 N–H and O–H groups in total. The fourth-order valence-corrected chi connectivity index (χ4v) is 3.76. The monoisotopic (exact) mass is 442 g/mol. The number of halogens is 2. The van der Waals surface area contributed by atoms with E-state index in [1.165, 1.54) is 0 Å². The second kappa shape index (κ2) is 8.22. The second-order valence-electron chi connectivity index (χ2n) is 6.57. The summed E-state index contributed by atoms with van der Waals surface area (Å²) in [5, 5.41) is 13.2. The second-order valence-corrected chi connectivity index (χ2v) is 7.38. The van der Waals surface area contributed by atoms with Gasteiger partial charge in [-0.3, -0.25) is 14.7 Å². The number of rotatable bonds is 5. The van der Waals surface area contributed by atoms with Crippen molar-refractivity contribution in [3.63, 3.8) is 0 Å². The molecule has 152 valence electrons. The Morgan fingerprint density at radius 1 is 1.07 bits per heavy atom. The van der Waals surface area contributed by atoms with Crippen molar-refractivity contribution in [2.75, 3.05) is 10.6 Å². The zero-order valence-corrected chi connectivity index (χ0v) is 17.3. The summed E-state index contributed by atoms with van der Waals surface area (Å²) in [6.07, 6.45) is 1.65. The van der Waals surface area contributed by atoms with Crippen molar-refractivity contribution in [1.82, 2.24) is 10.2 Å². The van der Waals surface area contributed by atoms with E-state index in [0.29, 0.717) is 22.8 Å². The SMILES string of the molecule is Cc1oc2c(NC(=O)c3c(Cl)cccc3Cl)cccc2c1CC(=O)Nc1ccn[nH]1. The van der Waals surface area contributed by atoms with Crippen molar-refractivity contribution in [2.24, 2.45) is 0 Å². The van der Waals surface area contributed by atoms with Gasteiger partial charge in [0.05, 0.1) is 33.9 Å². The number of H-pyrrole nitrogens is 1. The molecule has 0 radical (unpaired) electrons. The lowest BCUT2D eigenvalue weighted by molar-refractivity contribution is -0.115. The molecule has 0 aliphatic carbocycles. The molecular weight excluding hydrogens is 427 g/mol. The number of aromatic nitrogens is 2. The van der Waals surface area contributed by atoms with Gasteiger partial charge in [-0.1, -0.05) is 41.4 Å². The van der Waals surface area contributed by atoms with E-state index >= 15 is 0 Å². The molecule has 4 aromatic rings. The molecule has 0 unspecified atom stereocenters. The molecule has 0 bridgehead atoms. The van der Waals surface area contributed by atoms with Crippen molar-refractivity contribution in [3.05, 3.63) is 75.6 Å². The minimum atomic E-state index is -0.453. The number of hydrogen-bond donors (Lipinski definition) is 3. The zero-order valence-electron chi connectivity index (χ0n) is 15.8. The van der Waals surface area contributed by atoms with E-state index in [9.17, 15) is 9.59 Å². The summed E-state index contributed by atoms with van der Waals surface area (Å²) in [7, 11) is 0. The number of aromatic amines is 1. The number of carbonyl (C=O) groups excluding carboxylic acids is 2. The normalized spacial score (nSPS) is 10.9. The van der Waals surface area contributed by atoms with Gasteiger partial charge in [0.25, 0.3) is 5.91 Å². The van der Waals surface area contributed by atoms with Crippen LogP contribution < -0.4 is 10.6 Å². The first-order chi connectivity index (χ1) is 14.4. The zero-order chi connectivity index (χ0) is 21.3. The topological polar surface area (TPSA) is 100 Å². The molecule has 2 aromatic carbocycles. The molecule has 9 heteroatoms. The number of anilines is 2. The van der Waals surface area contributed by atoms with Gasteiger partial charge >= 0.3 is 0 Å². The Balaban J connectivity index is 1.62. The highest BCUT2D eigenvalue weighted by Gasteiger charge is 2.20. The summed E-state index contributed by atoms with van der Waals surface area (Å²) in [5.74, 6) is 0.422. The van der Waals surface area contributed by atoms with Crippen LogP contribution >= 0.6 is 23.2 Å². The lowest BCUT2D eigenvalue weighted by Gasteiger charge is -2.09. The minimum absolute atomic E-state index is 0.103. The third kappa shape index (κ3) is 3.90. The number of carbonyl (C=O) groups is 2. The van der Waals surface area contributed by atoms with E-state index in [4.69, 9.17) is 27.6 Å². The summed E-state index contributed by atoms with van der Waals surface area (Å²) < 4.78 is 5.88. The highest BCUT2D eigenvalue weighted by molar-refractivity contribution is 6.40. The van der Waals surface area contributed by atoms with Crippen LogP contribution in [0.5, 0.6) is 0 Å². The number of nitrogens with zero attached hydrogens (tertiary/aromatic N) is 1. The number of furan rings is 1. The first-order valence-corrected chi connectivity index (χ1v) is 9.75. The Labute approximate surface area is 181 Å². The fourth-order valence-electron chi connectivity index (χ4n) is 3.19. The van der Waals surface area contributed by atoms with Gasteiger partial charge in [0.15, 0.2) is 5.58 Å². The standard InChI is InChI=1S/C21H16Cl2N4O3/c1-11-13(10-18(28)26-17-8-9-24-27-17)12-4-2-7-16(20(12)30-11)25-21(29)19-14(22)5-3-6-15(19)23/h2-9H,10H2,1H3,(H,25,29)(H2,24,26,27,28). The first kappa shape index (κ1) is 20.0. The highest BCUT2D eigenvalue weighted by Crippen LogP contribution is 2.33. The van der Waals surface area contributed by atoms with E-state index in [1.807, 2.05) is 6.07 Å². The molecule has 2 amide bonds. The molecule has 2 heterocycles. The Bertz CT molecular complexity index is 1230. The summed E-state index contributed by atoms with van der Waals surface area (Å²) in [4.78, 5) is 25.1. The maximum atomic E-state index is 12.8. The van der Waals surface area contributed by atoms with Crippen LogP contribution in [-0.4, -0.2) is 22.0 Å². The van der Waals surface area contributed by atoms with Crippen molar-refractivity contribution >= 4 is 57.5 Å². The Kier molecular flexibility index (Phi) is 5.48. The maximum absolute atomic E-state index is 12.8.